The molecule has 15 heteroatoms. The Morgan fingerprint density at radius 2 is 1.97 bits per heavy atom. The highest BCUT2D eigenvalue weighted by Crippen LogP contribution is 2.41. The molecule has 2 amide bonds. The number of carboxylic acid groups (broad SMARTS) is 2. The lowest BCUT2D eigenvalue weighted by Crippen LogP contribution is -2.70. The normalized spacial score (nSPS) is 19.0. The molecule has 4 rings (SSSR count). The average molecular weight is 534 g/mol. The molecule has 0 aliphatic carbocycles. The van der Waals surface area contributed by atoms with Crippen molar-refractivity contribution in [3.8, 4) is 0 Å². The second-order valence-electron chi connectivity index (χ2n) is 7.98. The van der Waals surface area contributed by atoms with E-state index in [2.05, 4.69) is 20.8 Å². The molecule has 0 saturated carbocycles. The zero-order chi connectivity index (χ0) is 25.8. The number of aliphatic carboxylic acids is 2. The number of hydrogen-bond acceptors (Lipinski definition) is 10. The van der Waals surface area contributed by atoms with Crippen LogP contribution in [0.4, 0.5) is 0 Å². The van der Waals surface area contributed by atoms with E-state index in [-0.39, 0.29) is 43.3 Å². The molecule has 5 N–H and O–H groups in total. The van der Waals surface area contributed by atoms with E-state index >= 15 is 0 Å². The Labute approximate surface area is 213 Å². The molecule has 0 spiro atoms. The van der Waals surface area contributed by atoms with Crippen LogP contribution in [0.15, 0.2) is 40.7 Å². The van der Waals surface area contributed by atoms with Crippen LogP contribution in [0.5, 0.6) is 0 Å². The van der Waals surface area contributed by atoms with Gasteiger partial charge in [-0.15, -0.1) is 16.9 Å². The summed E-state index contributed by atoms with van der Waals surface area (Å²) in [7, 11) is 0. The first-order chi connectivity index (χ1) is 17.3. The zero-order valence-electron chi connectivity index (χ0n) is 18.9. The third-order valence-corrected chi connectivity index (χ3v) is 8.05. The summed E-state index contributed by atoms with van der Waals surface area (Å²) >= 11 is 2.52. The van der Waals surface area contributed by atoms with Gasteiger partial charge in [-0.25, -0.2) is 9.48 Å². The smallest absolute Gasteiger partial charge is 0.352 e. The minimum atomic E-state index is -1.24. The topological polar surface area (TPSA) is 194 Å². The second kappa shape index (κ2) is 11.1. The Morgan fingerprint density at radius 1 is 1.22 bits per heavy atom. The minimum Gasteiger partial charge on any atom is -0.481 e. The number of β-lactam (4-membered cyclic amide) rings is 1. The largest absolute Gasteiger partial charge is 0.481 e. The molecular formula is C21H23N7O6S2. The van der Waals surface area contributed by atoms with Gasteiger partial charge in [-0.1, -0.05) is 36.0 Å². The van der Waals surface area contributed by atoms with E-state index in [1.165, 1.54) is 21.3 Å². The molecule has 36 heavy (non-hydrogen) atoms. The van der Waals surface area contributed by atoms with E-state index in [1.807, 2.05) is 18.2 Å². The SMILES string of the molecule is NCc1ccccc1CC(=O)NC1C(=O)N2C(C(=O)O)=C(CSc3nnnn3CCC(=O)O)CS[C@H]12. The van der Waals surface area contributed by atoms with Crippen molar-refractivity contribution in [1.29, 1.82) is 0 Å². The molecule has 1 saturated heterocycles. The van der Waals surface area contributed by atoms with Crippen molar-refractivity contribution < 1.29 is 29.4 Å². The third-order valence-electron chi connectivity index (χ3n) is 5.67. The monoisotopic (exact) mass is 533 g/mol. The highest BCUT2D eigenvalue weighted by Gasteiger charge is 2.54. The van der Waals surface area contributed by atoms with E-state index in [0.717, 1.165) is 22.9 Å². The molecule has 13 nitrogen and oxygen atoms in total. The molecular weight excluding hydrogens is 510 g/mol. The number of nitrogens with two attached hydrogens (primary N) is 1. The van der Waals surface area contributed by atoms with E-state index < -0.39 is 29.3 Å². The van der Waals surface area contributed by atoms with Gasteiger partial charge >= 0.3 is 11.9 Å². The van der Waals surface area contributed by atoms with Gasteiger partial charge in [0.25, 0.3) is 5.91 Å². The van der Waals surface area contributed by atoms with E-state index in [0.29, 0.717) is 16.5 Å². The Bertz CT molecular complexity index is 1230. The molecule has 1 aromatic carbocycles. The van der Waals surface area contributed by atoms with Gasteiger partial charge in [-0.3, -0.25) is 19.3 Å². The molecule has 2 aliphatic rings. The minimum absolute atomic E-state index is 0.0641. The first-order valence-electron chi connectivity index (χ1n) is 10.9. The number of nitrogens with one attached hydrogen (secondary N) is 1. The molecule has 190 valence electrons. The van der Waals surface area contributed by atoms with Crippen LogP contribution in [0.2, 0.25) is 0 Å². The lowest BCUT2D eigenvalue weighted by Gasteiger charge is -2.49. The number of hydrogen-bond donors (Lipinski definition) is 4. The van der Waals surface area contributed by atoms with E-state index in [1.54, 1.807) is 6.07 Å². The van der Waals surface area contributed by atoms with Gasteiger partial charge in [0, 0.05) is 18.1 Å². The van der Waals surface area contributed by atoms with Crippen molar-refractivity contribution in [3.63, 3.8) is 0 Å². The number of carbonyl (C=O) groups is 4. The number of aromatic nitrogens is 4. The number of carboxylic acids is 2. The number of fused-ring (bicyclic) bond motifs is 1. The maximum atomic E-state index is 12.9. The molecule has 2 aromatic rings. The summed E-state index contributed by atoms with van der Waals surface area (Å²) in [5.41, 5.74) is 7.74. The number of amides is 2. The van der Waals surface area contributed by atoms with Gasteiger partial charge in [0.05, 0.1) is 19.4 Å². The Kier molecular flexibility index (Phi) is 7.91. The standard InChI is InChI=1S/C21H23N7O6S2/c22-8-12-4-2-1-3-11(12)7-14(29)23-16-18(32)28-17(20(33)34)13(9-35-19(16)28)10-36-21-24-25-26-27(21)6-5-15(30)31/h1-4,16,19H,5-10,22H2,(H,23,29)(H,30,31)(H,33,34)/t16?,19-/m1/s1. The number of tetrazole rings is 1. The van der Waals surface area contributed by atoms with Crippen molar-refractivity contribution in [1.82, 2.24) is 30.4 Å². The van der Waals surface area contributed by atoms with Crippen molar-refractivity contribution in [2.75, 3.05) is 11.5 Å². The molecule has 1 fully saturated rings. The Morgan fingerprint density at radius 3 is 2.67 bits per heavy atom. The van der Waals surface area contributed by atoms with Gasteiger partial charge in [0.2, 0.25) is 11.1 Å². The average Bonchev–Trinajstić information content (AvgIpc) is 3.31. The maximum absolute atomic E-state index is 12.9. The molecule has 1 aromatic heterocycles. The third kappa shape index (κ3) is 5.37. The van der Waals surface area contributed by atoms with Crippen LogP contribution in [-0.4, -0.2) is 82.0 Å². The summed E-state index contributed by atoms with van der Waals surface area (Å²) in [5.74, 6) is -2.53. The van der Waals surface area contributed by atoms with Crippen molar-refractivity contribution >= 4 is 47.3 Å². The quantitative estimate of drug-likeness (QED) is 0.217. The van der Waals surface area contributed by atoms with Crippen LogP contribution in [0.25, 0.3) is 0 Å². The van der Waals surface area contributed by atoms with Crippen LogP contribution in [0.1, 0.15) is 17.5 Å². The second-order valence-corrected chi connectivity index (χ2v) is 10.0. The van der Waals surface area contributed by atoms with Crippen molar-refractivity contribution in [2.45, 2.75) is 42.5 Å². The summed E-state index contributed by atoms with van der Waals surface area (Å²) < 4.78 is 1.34. The van der Waals surface area contributed by atoms with Gasteiger partial charge in [-0.2, -0.15) is 0 Å². The number of carbonyl (C=O) groups excluding carboxylic acids is 2. The fraction of sp³-hybridized carbons (Fsp3) is 0.381. The number of benzene rings is 1. The number of nitrogens with zero attached hydrogens (tertiary/aromatic N) is 5. The highest BCUT2D eigenvalue weighted by molar-refractivity contribution is 8.01. The Balaban J connectivity index is 1.42. The van der Waals surface area contributed by atoms with Crippen LogP contribution < -0.4 is 11.1 Å². The van der Waals surface area contributed by atoms with E-state index in [4.69, 9.17) is 10.8 Å². The first-order valence-corrected chi connectivity index (χ1v) is 12.9. The van der Waals surface area contributed by atoms with Gasteiger partial charge < -0.3 is 21.3 Å². The number of rotatable bonds is 11. The van der Waals surface area contributed by atoms with Crippen molar-refractivity contribution in [2.24, 2.45) is 5.73 Å². The highest BCUT2D eigenvalue weighted by atomic mass is 32.2. The van der Waals surface area contributed by atoms with Gasteiger partial charge in [-0.05, 0) is 27.1 Å². The first kappa shape index (κ1) is 25.7. The molecule has 3 heterocycles. The lowest BCUT2D eigenvalue weighted by molar-refractivity contribution is -0.150. The fourth-order valence-corrected chi connectivity index (χ4v) is 6.30. The summed E-state index contributed by atoms with van der Waals surface area (Å²) in [6, 6.07) is 6.47. The summed E-state index contributed by atoms with van der Waals surface area (Å²) in [6.45, 7) is 0.367. The number of aryl methyl sites for hydroxylation is 1. The summed E-state index contributed by atoms with van der Waals surface area (Å²) in [6.07, 6.45) is -0.0962. The van der Waals surface area contributed by atoms with Gasteiger partial charge in [0.15, 0.2) is 0 Å². The van der Waals surface area contributed by atoms with Crippen LogP contribution in [0, 0.1) is 0 Å². The van der Waals surface area contributed by atoms with Crippen LogP contribution in [0.3, 0.4) is 0 Å². The zero-order valence-corrected chi connectivity index (χ0v) is 20.5. The number of thioether (sulfide) groups is 2. The molecule has 0 bridgehead atoms. The molecule has 0 radical (unpaired) electrons. The van der Waals surface area contributed by atoms with Gasteiger partial charge in [0.1, 0.15) is 17.1 Å². The molecule has 2 aliphatic heterocycles. The molecule has 1 unspecified atom stereocenters. The van der Waals surface area contributed by atoms with Crippen LogP contribution in [-0.2, 0) is 38.7 Å². The van der Waals surface area contributed by atoms with Crippen LogP contribution >= 0.6 is 23.5 Å². The predicted molar refractivity (Wildman–Crippen MR) is 129 cm³/mol. The summed E-state index contributed by atoms with van der Waals surface area (Å²) in [5, 5.41) is 32.4. The predicted octanol–water partition coefficient (Wildman–Crippen LogP) is -0.320. The lowest BCUT2D eigenvalue weighted by atomic mass is 10.0. The molecule has 2 atom stereocenters. The maximum Gasteiger partial charge on any atom is 0.352 e. The van der Waals surface area contributed by atoms with E-state index in [9.17, 15) is 24.3 Å². The fourth-order valence-electron chi connectivity index (χ4n) is 3.91. The van der Waals surface area contributed by atoms with Crippen molar-refractivity contribution in [3.05, 3.63) is 46.7 Å². The Hall–Kier alpha value is -3.43. The summed E-state index contributed by atoms with van der Waals surface area (Å²) in [4.78, 5) is 49.6.